The highest BCUT2D eigenvalue weighted by Crippen LogP contribution is 2.12. The van der Waals surface area contributed by atoms with Crippen molar-refractivity contribution in [2.45, 2.75) is 6.42 Å². The van der Waals surface area contributed by atoms with E-state index in [0.29, 0.717) is 23.7 Å². The summed E-state index contributed by atoms with van der Waals surface area (Å²) >= 11 is 5.81. The molecule has 1 aromatic rings. The molecular formula is C11H15ClN2O. The Balaban J connectivity index is 2.67. The van der Waals surface area contributed by atoms with Crippen LogP contribution in [0.3, 0.4) is 0 Å². The predicted octanol–water partition coefficient (Wildman–Crippen LogP) is 1.76. The summed E-state index contributed by atoms with van der Waals surface area (Å²) in [4.78, 5) is 13.5. The average Bonchev–Trinajstić information content (AvgIpc) is 2.24. The van der Waals surface area contributed by atoms with Crippen LogP contribution in [-0.4, -0.2) is 30.9 Å². The third kappa shape index (κ3) is 3.53. The minimum Gasteiger partial charge on any atom is -0.342 e. The zero-order valence-electron chi connectivity index (χ0n) is 8.74. The van der Waals surface area contributed by atoms with Gasteiger partial charge >= 0.3 is 0 Å². The Hall–Kier alpha value is -1.06. The van der Waals surface area contributed by atoms with Gasteiger partial charge in [0.25, 0.3) is 5.91 Å². The van der Waals surface area contributed by atoms with E-state index in [4.69, 9.17) is 17.3 Å². The van der Waals surface area contributed by atoms with Gasteiger partial charge in [0.1, 0.15) is 0 Å². The molecule has 1 aromatic carbocycles. The Morgan fingerprint density at radius 3 is 2.87 bits per heavy atom. The van der Waals surface area contributed by atoms with E-state index in [1.165, 1.54) is 0 Å². The third-order valence-corrected chi connectivity index (χ3v) is 2.35. The maximum atomic E-state index is 11.8. The summed E-state index contributed by atoms with van der Waals surface area (Å²) < 4.78 is 0. The van der Waals surface area contributed by atoms with Crippen molar-refractivity contribution >= 4 is 17.5 Å². The summed E-state index contributed by atoms with van der Waals surface area (Å²) in [5.74, 6) is -0.0223. The second kappa shape index (κ2) is 5.73. The van der Waals surface area contributed by atoms with Crippen LogP contribution in [0.1, 0.15) is 16.8 Å². The molecule has 1 rings (SSSR count). The lowest BCUT2D eigenvalue weighted by molar-refractivity contribution is 0.0794. The van der Waals surface area contributed by atoms with Crippen molar-refractivity contribution in [3.05, 3.63) is 34.9 Å². The van der Waals surface area contributed by atoms with Crippen LogP contribution >= 0.6 is 11.6 Å². The Morgan fingerprint density at radius 2 is 2.27 bits per heavy atom. The molecule has 0 unspecified atom stereocenters. The van der Waals surface area contributed by atoms with Crippen LogP contribution in [0.2, 0.25) is 5.02 Å². The molecule has 0 aromatic heterocycles. The predicted molar refractivity (Wildman–Crippen MR) is 62.1 cm³/mol. The first-order valence-corrected chi connectivity index (χ1v) is 5.24. The van der Waals surface area contributed by atoms with E-state index in [0.717, 1.165) is 6.42 Å². The van der Waals surface area contributed by atoms with Crippen LogP contribution in [-0.2, 0) is 0 Å². The molecule has 0 heterocycles. The molecule has 0 aliphatic heterocycles. The van der Waals surface area contributed by atoms with Crippen LogP contribution in [0, 0.1) is 0 Å². The van der Waals surface area contributed by atoms with Crippen molar-refractivity contribution in [3.63, 3.8) is 0 Å². The number of rotatable bonds is 4. The molecule has 0 atom stereocenters. The van der Waals surface area contributed by atoms with Gasteiger partial charge in [0.05, 0.1) is 0 Å². The summed E-state index contributed by atoms with van der Waals surface area (Å²) in [6, 6.07) is 6.94. The molecule has 15 heavy (non-hydrogen) atoms. The van der Waals surface area contributed by atoms with E-state index in [9.17, 15) is 4.79 Å². The molecule has 4 heteroatoms. The number of carbonyl (C=O) groups excluding carboxylic acids is 1. The molecule has 0 saturated carbocycles. The summed E-state index contributed by atoms with van der Waals surface area (Å²) in [6.45, 7) is 1.26. The maximum absolute atomic E-state index is 11.8. The van der Waals surface area contributed by atoms with Crippen LogP contribution in [0.4, 0.5) is 0 Å². The molecule has 0 fully saturated rings. The highest BCUT2D eigenvalue weighted by Gasteiger charge is 2.10. The van der Waals surface area contributed by atoms with Crippen molar-refractivity contribution in [1.29, 1.82) is 0 Å². The van der Waals surface area contributed by atoms with E-state index >= 15 is 0 Å². The number of hydrogen-bond acceptors (Lipinski definition) is 2. The quantitative estimate of drug-likeness (QED) is 0.851. The van der Waals surface area contributed by atoms with Gasteiger partial charge in [-0.05, 0) is 31.2 Å². The summed E-state index contributed by atoms with van der Waals surface area (Å²) in [5.41, 5.74) is 5.99. The van der Waals surface area contributed by atoms with Crippen molar-refractivity contribution < 1.29 is 4.79 Å². The Bertz CT molecular complexity index is 341. The molecule has 1 amide bonds. The molecule has 0 spiro atoms. The maximum Gasteiger partial charge on any atom is 0.253 e. The third-order valence-electron chi connectivity index (χ3n) is 2.12. The van der Waals surface area contributed by atoms with Crippen LogP contribution in [0.15, 0.2) is 24.3 Å². The molecular weight excluding hydrogens is 212 g/mol. The number of halogens is 1. The highest BCUT2D eigenvalue weighted by atomic mass is 35.5. The molecule has 0 aliphatic carbocycles. The Morgan fingerprint density at radius 1 is 1.53 bits per heavy atom. The van der Waals surface area contributed by atoms with Gasteiger partial charge in [0.15, 0.2) is 0 Å². The van der Waals surface area contributed by atoms with Gasteiger partial charge in [-0.2, -0.15) is 0 Å². The van der Waals surface area contributed by atoms with Gasteiger partial charge in [-0.1, -0.05) is 17.7 Å². The zero-order chi connectivity index (χ0) is 11.3. The molecule has 0 saturated heterocycles. The summed E-state index contributed by atoms with van der Waals surface area (Å²) in [5, 5.41) is 0.577. The fraction of sp³-hybridized carbons (Fsp3) is 0.364. The number of hydrogen-bond donors (Lipinski definition) is 1. The summed E-state index contributed by atoms with van der Waals surface area (Å²) in [7, 11) is 1.76. The molecule has 2 N–H and O–H groups in total. The Kier molecular flexibility index (Phi) is 4.59. The van der Waals surface area contributed by atoms with Gasteiger partial charge < -0.3 is 10.6 Å². The number of carbonyl (C=O) groups is 1. The van der Waals surface area contributed by atoms with Crippen molar-refractivity contribution in [2.24, 2.45) is 5.73 Å². The van der Waals surface area contributed by atoms with E-state index in [-0.39, 0.29) is 5.91 Å². The second-order valence-electron chi connectivity index (χ2n) is 3.38. The highest BCUT2D eigenvalue weighted by molar-refractivity contribution is 6.30. The van der Waals surface area contributed by atoms with Crippen LogP contribution < -0.4 is 5.73 Å². The van der Waals surface area contributed by atoms with E-state index < -0.39 is 0 Å². The van der Waals surface area contributed by atoms with Crippen molar-refractivity contribution in [1.82, 2.24) is 4.90 Å². The van der Waals surface area contributed by atoms with Crippen molar-refractivity contribution in [2.75, 3.05) is 20.1 Å². The normalized spacial score (nSPS) is 10.1. The van der Waals surface area contributed by atoms with Crippen molar-refractivity contribution in [3.8, 4) is 0 Å². The first-order chi connectivity index (χ1) is 7.15. The number of amides is 1. The SMILES string of the molecule is CN(CCCN)C(=O)c1cccc(Cl)c1. The number of benzene rings is 1. The lowest BCUT2D eigenvalue weighted by Crippen LogP contribution is -2.28. The fourth-order valence-electron chi connectivity index (χ4n) is 1.27. The minimum atomic E-state index is -0.0223. The smallest absolute Gasteiger partial charge is 0.253 e. The topological polar surface area (TPSA) is 46.3 Å². The Labute approximate surface area is 94.8 Å². The van der Waals surface area contributed by atoms with Gasteiger partial charge in [-0.15, -0.1) is 0 Å². The number of nitrogens with two attached hydrogens (primary N) is 1. The molecule has 3 nitrogen and oxygen atoms in total. The second-order valence-corrected chi connectivity index (χ2v) is 3.82. The van der Waals surface area contributed by atoms with Gasteiger partial charge in [-0.25, -0.2) is 0 Å². The van der Waals surface area contributed by atoms with E-state index in [2.05, 4.69) is 0 Å². The fourth-order valence-corrected chi connectivity index (χ4v) is 1.46. The molecule has 0 aliphatic rings. The van der Waals surface area contributed by atoms with Crippen LogP contribution in [0.25, 0.3) is 0 Å². The molecule has 82 valence electrons. The largest absolute Gasteiger partial charge is 0.342 e. The van der Waals surface area contributed by atoms with E-state index in [1.807, 2.05) is 0 Å². The zero-order valence-corrected chi connectivity index (χ0v) is 9.50. The molecule has 0 bridgehead atoms. The monoisotopic (exact) mass is 226 g/mol. The van der Waals surface area contributed by atoms with Gasteiger partial charge in [0.2, 0.25) is 0 Å². The first kappa shape index (κ1) is 12.0. The van der Waals surface area contributed by atoms with Crippen LogP contribution in [0.5, 0.6) is 0 Å². The average molecular weight is 227 g/mol. The number of nitrogens with zero attached hydrogens (tertiary/aromatic N) is 1. The van der Waals surface area contributed by atoms with E-state index in [1.54, 1.807) is 36.2 Å². The van der Waals surface area contributed by atoms with Gasteiger partial charge in [-0.3, -0.25) is 4.79 Å². The minimum absolute atomic E-state index is 0.0223. The first-order valence-electron chi connectivity index (χ1n) is 4.86. The molecule has 0 radical (unpaired) electrons. The summed E-state index contributed by atoms with van der Waals surface area (Å²) in [6.07, 6.45) is 0.808. The lowest BCUT2D eigenvalue weighted by Gasteiger charge is -2.16. The standard InChI is InChI=1S/C11H15ClN2O/c1-14(7-3-6-13)11(15)9-4-2-5-10(12)8-9/h2,4-5,8H,3,6-7,13H2,1H3. The van der Waals surface area contributed by atoms with Gasteiger partial charge in [0, 0.05) is 24.2 Å². The lowest BCUT2D eigenvalue weighted by atomic mass is 10.2.